The highest BCUT2D eigenvalue weighted by atomic mass is 32.1. The quantitative estimate of drug-likeness (QED) is 0.282. The van der Waals surface area contributed by atoms with Crippen molar-refractivity contribution in [3.63, 3.8) is 0 Å². The van der Waals surface area contributed by atoms with Gasteiger partial charge in [0.15, 0.2) is 11.5 Å². The number of carbonyl (C=O) groups is 2. The van der Waals surface area contributed by atoms with Crippen LogP contribution in [0.25, 0.3) is 43.8 Å². The molecule has 10 nitrogen and oxygen atoms in total. The Kier molecular flexibility index (Phi) is 6.27. The number of pyridine rings is 3. The smallest absolute Gasteiger partial charge is 0.335 e. The predicted molar refractivity (Wildman–Crippen MR) is 148 cm³/mol. The molecule has 40 heavy (non-hydrogen) atoms. The summed E-state index contributed by atoms with van der Waals surface area (Å²) in [4.78, 5) is 38.5. The molecule has 200 valence electrons. The summed E-state index contributed by atoms with van der Waals surface area (Å²) in [7, 11) is 2.00. The van der Waals surface area contributed by atoms with E-state index in [1.807, 2.05) is 26.1 Å². The molecule has 6 rings (SSSR count). The van der Waals surface area contributed by atoms with E-state index in [-0.39, 0.29) is 22.5 Å². The van der Waals surface area contributed by atoms with Gasteiger partial charge in [0.2, 0.25) is 0 Å². The van der Waals surface area contributed by atoms with Crippen molar-refractivity contribution < 1.29 is 29.3 Å². The fraction of sp³-hybridized carbons (Fsp3) is 0.138. The van der Waals surface area contributed by atoms with Crippen LogP contribution in [0.15, 0.2) is 60.9 Å². The molecule has 0 fully saturated rings. The van der Waals surface area contributed by atoms with Gasteiger partial charge in [-0.1, -0.05) is 0 Å². The van der Waals surface area contributed by atoms with E-state index in [0.29, 0.717) is 36.1 Å². The lowest BCUT2D eigenvalue weighted by molar-refractivity contribution is 0.0686. The SMILES string of the molecule is Cc1ccc(-c2sc(-c3ccnc(-c4cc(C(=O)O)cc(-c5cc(C(=O)O)ccn5)n4)c3)c3c2OCCO3)n1C. The van der Waals surface area contributed by atoms with Gasteiger partial charge < -0.3 is 24.3 Å². The highest BCUT2D eigenvalue weighted by Crippen LogP contribution is 2.53. The van der Waals surface area contributed by atoms with E-state index >= 15 is 0 Å². The molecule has 0 saturated carbocycles. The van der Waals surface area contributed by atoms with Crippen LogP contribution in [0, 0.1) is 6.92 Å². The summed E-state index contributed by atoms with van der Waals surface area (Å²) in [6, 6.07) is 13.3. The molecule has 0 aliphatic carbocycles. The second-order valence-electron chi connectivity index (χ2n) is 9.13. The second kappa shape index (κ2) is 9.93. The normalized spacial score (nSPS) is 12.3. The van der Waals surface area contributed by atoms with E-state index in [9.17, 15) is 19.8 Å². The van der Waals surface area contributed by atoms with Gasteiger partial charge in [-0.25, -0.2) is 14.6 Å². The number of hydrogen-bond donors (Lipinski definition) is 2. The number of rotatable bonds is 6. The summed E-state index contributed by atoms with van der Waals surface area (Å²) in [5.74, 6) is -0.924. The van der Waals surface area contributed by atoms with Gasteiger partial charge in [-0.05, 0) is 61.0 Å². The van der Waals surface area contributed by atoms with Crippen LogP contribution in [0.5, 0.6) is 11.5 Å². The topological polar surface area (TPSA) is 137 Å². The number of carboxylic acid groups (broad SMARTS) is 2. The highest BCUT2D eigenvalue weighted by Gasteiger charge is 2.28. The molecule has 0 saturated heterocycles. The Labute approximate surface area is 232 Å². The third-order valence-corrected chi connectivity index (χ3v) is 7.85. The van der Waals surface area contributed by atoms with Crippen LogP contribution < -0.4 is 9.47 Å². The maximum atomic E-state index is 12.0. The van der Waals surface area contributed by atoms with Crippen LogP contribution >= 0.6 is 11.3 Å². The van der Waals surface area contributed by atoms with E-state index in [0.717, 1.165) is 26.7 Å². The molecule has 0 atom stereocenters. The van der Waals surface area contributed by atoms with Gasteiger partial charge in [0.05, 0.1) is 49.4 Å². The Bertz CT molecular complexity index is 1810. The van der Waals surface area contributed by atoms with Gasteiger partial charge in [-0.3, -0.25) is 9.97 Å². The minimum atomic E-state index is -1.16. The molecule has 1 aliphatic rings. The van der Waals surface area contributed by atoms with E-state index in [2.05, 4.69) is 31.7 Å². The zero-order chi connectivity index (χ0) is 28.0. The van der Waals surface area contributed by atoms with E-state index in [4.69, 9.17) is 9.47 Å². The van der Waals surface area contributed by atoms with Crippen molar-refractivity contribution in [2.24, 2.45) is 7.05 Å². The minimum Gasteiger partial charge on any atom is -0.485 e. The molecule has 5 aromatic rings. The number of hydrogen-bond acceptors (Lipinski definition) is 8. The van der Waals surface area contributed by atoms with E-state index in [1.54, 1.807) is 17.5 Å². The Hall–Kier alpha value is -5.03. The first-order valence-corrected chi connectivity index (χ1v) is 13.1. The highest BCUT2D eigenvalue weighted by molar-refractivity contribution is 7.19. The summed E-state index contributed by atoms with van der Waals surface area (Å²) in [6.45, 7) is 2.91. The second-order valence-corrected chi connectivity index (χ2v) is 10.2. The molecule has 0 spiro atoms. The van der Waals surface area contributed by atoms with E-state index in [1.165, 1.54) is 30.5 Å². The molecule has 5 aromatic heterocycles. The summed E-state index contributed by atoms with van der Waals surface area (Å²) in [6.07, 6.45) is 2.98. The third-order valence-electron chi connectivity index (χ3n) is 6.63. The zero-order valence-electron chi connectivity index (χ0n) is 21.4. The number of carboxylic acids is 2. The van der Waals surface area contributed by atoms with Crippen molar-refractivity contribution in [1.29, 1.82) is 0 Å². The Morgan fingerprint density at radius 3 is 2.02 bits per heavy atom. The van der Waals surface area contributed by atoms with Crippen LogP contribution in [-0.4, -0.2) is 54.9 Å². The first kappa shape index (κ1) is 25.3. The number of nitrogens with zero attached hydrogens (tertiary/aromatic N) is 4. The average Bonchev–Trinajstić information content (AvgIpc) is 3.52. The van der Waals surface area contributed by atoms with Crippen LogP contribution in [0.4, 0.5) is 0 Å². The number of aryl methyl sites for hydroxylation is 1. The Balaban J connectivity index is 1.47. The molecule has 0 radical (unpaired) electrons. The summed E-state index contributed by atoms with van der Waals surface area (Å²) < 4.78 is 14.2. The molecular weight excluding hydrogens is 532 g/mol. The predicted octanol–water partition coefficient (Wildman–Crippen LogP) is 5.42. The molecule has 0 unspecified atom stereocenters. The maximum absolute atomic E-state index is 12.0. The molecular formula is C29H22N4O6S. The molecule has 6 heterocycles. The minimum absolute atomic E-state index is 0.0168. The fourth-order valence-corrected chi connectivity index (χ4v) is 5.73. The van der Waals surface area contributed by atoms with Crippen molar-refractivity contribution in [2.75, 3.05) is 13.2 Å². The first-order valence-electron chi connectivity index (χ1n) is 12.3. The molecule has 0 aromatic carbocycles. The lowest BCUT2D eigenvalue weighted by Crippen LogP contribution is -2.15. The van der Waals surface area contributed by atoms with Gasteiger partial charge in [0.25, 0.3) is 0 Å². The van der Waals surface area contributed by atoms with Crippen molar-refractivity contribution in [3.8, 4) is 55.3 Å². The standard InChI is InChI=1S/C29H22N4O6S/c1-15-3-4-23(33(15)2)27-25-24(38-9-10-39-25)26(40-27)16-5-7-30-19(11-16)21-13-18(29(36)37)14-22(32-21)20-12-17(28(34)35)6-8-31-20/h3-8,11-14H,9-10H2,1-2H3,(H,34,35)(H,36,37). The molecule has 0 bridgehead atoms. The van der Waals surface area contributed by atoms with Crippen LogP contribution in [-0.2, 0) is 7.05 Å². The average molecular weight is 555 g/mol. The lowest BCUT2D eigenvalue weighted by atomic mass is 10.1. The zero-order valence-corrected chi connectivity index (χ0v) is 22.2. The molecule has 11 heteroatoms. The van der Waals surface area contributed by atoms with Crippen LogP contribution in [0.2, 0.25) is 0 Å². The Morgan fingerprint density at radius 2 is 1.40 bits per heavy atom. The third kappa shape index (κ3) is 4.46. The summed E-state index contributed by atoms with van der Waals surface area (Å²) in [5.41, 5.74) is 4.13. The molecule has 1 aliphatic heterocycles. The first-order chi connectivity index (χ1) is 19.3. The summed E-state index contributed by atoms with van der Waals surface area (Å²) >= 11 is 1.55. The molecule has 2 N–H and O–H groups in total. The fourth-order valence-electron chi connectivity index (χ4n) is 4.48. The van der Waals surface area contributed by atoms with Crippen molar-refractivity contribution in [3.05, 3.63) is 77.7 Å². The largest absolute Gasteiger partial charge is 0.485 e. The number of thiophene rings is 1. The van der Waals surface area contributed by atoms with E-state index < -0.39 is 11.9 Å². The van der Waals surface area contributed by atoms with Crippen molar-refractivity contribution in [2.45, 2.75) is 6.92 Å². The van der Waals surface area contributed by atoms with Gasteiger partial charge in [0.1, 0.15) is 13.2 Å². The monoisotopic (exact) mass is 554 g/mol. The molecule has 0 amide bonds. The van der Waals surface area contributed by atoms with Crippen molar-refractivity contribution >= 4 is 23.3 Å². The lowest BCUT2D eigenvalue weighted by Gasteiger charge is -2.17. The van der Waals surface area contributed by atoms with Gasteiger partial charge in [0, 0.05) is 25.1 Å². The summed E-state index contributed by atoms with van der Waals surface area (Å²) in [5, 5.41) is 19.2. The Morgan fingerprint density at radius 1 is 0.800 bits per heavy atom. The van der Waals surface area contributed by atoms with Crippen molar-refractivity contribution in [1.82, 2.24) is 19.5 Å². The number of fused-ring (bicyclic) bond motifs is 1. The van der Waals surface area contributed by atoms with Gasteiger partial charge in [-0.15, -0.1) is 11.3 Å². The van der Waals surface area contributed by atoms with Crippen LogP contribution in [0.1, 0.15) is 26.4 Å². The van der Waals surface area contributed by atoms with Crippen LogP contribution in [0.3, 0.4) is 0 Å². The van der Waals surface area contributed by atoms with Gasteiger partial charge >= 0.3 is 11.9 Å². The number of aromatic nitrogens is 4. The maximum Gasteiger partial charge on any atom is 0.335 e. The number of ether oxygens (including phenoxy) is 2. The number of aromatic carboxylic acids is 2. The van der Waals surface area contributed by atoms with Gasteiger partial charge in [-0.2, -0.15) is 0 Å².